The van der Waals surface area contributed by atoms with Crippen LogP contribution in [0.4, 0.5) is 10.1 Å². The number of piperidine rings is 1. The highest BCUT2D eigenvalue weighted by Gasteiger charge is 2.21. The largest absolute Gasteiger partial charge is 0.353 e. The molecule has 5 rings (SSSR count). The Bertz CT molecular complexity index is 1730. The van der Waals surface area contributed by atoms with Gasteiger partial charge >= 0.3 is 5.69 Å². The number of benzene rings is 3. The van der Waals surface area contributed by atoms with Crippen LogP contribution in [0.3, 0.4) is 0 Å². The Morgan fingerprint density at radius 3 is 2.37 bits per heavy atom. The first-order valence-corrected chi connectivity index (χ1v) is 15.1. The van der Waals surface area contributed by atoms with Gasteiger partial charge in [0.1, 0.15) is 12.4 Å². The van der Waals surface area contributed by atoms with Crippen LogP contribution in [0.1, 0.15) is 31.2 Å². The number of amides is 2. The predicted molar refractivity (Wildman–Crippen MR) is 167 cm³/mol. The summed E-state index contributed by atoms with van der Waals surface area (Å²) < 4.78 is 17.0. The first-order valence-electron chi connectivity index (χ1n) is 14.3. The fraction of sp³-hybridized carbons (Fsp3) is 0.312. The summed E-state index contributed by atoms with van der Waals surface area (Å²) in [7, 11) is 0. The fourth-order valence-electron chi connectivity index (χ4n) is 5.42. The van der Waals surface area contributed by atoms with Crippen LogP contribution >= 0.6 is 15.9 Å². The molecule has 0 unspecified atom stereocenters. The summed E-state index contributed by atoms with van der Waals surface area (Å²) in [5, 5.41) is 5.85. The van der Waals surface area contributed by atoms with E-state index in [9.17, 15) is 23.6 Å². The predicted octanol–water partition coefficient (Wildman–Crippen LogP) is 4.26. The van der Waals surface area contributed by atoms with Crippen molar-refractivity contribution in [3.8, 4) is 0 Å². The Morgan fingerprint density at radius 1 is 0.907 bits per heavy atom. The Kier molecular flexibility index (Phi) is 9.83. The van der Waals surface area contributed by atoms with Gasteiger partial charge in [-0.2, -0.15) is 0 Å². The van der Waals surface area contributed by atoms with Gasteiger partial charge in [0.05, 0.1) is 16.6 Å². The van der Waals surface area contributed by atoms with E-state index in [1.807, 2.05) is 18.2 Å². The minimum atomic E-state index is -0.665. The number of fused-ring (bicyclic) bond motifs is 1. The number of halogens is 2. The number of rotatable bonds is 10. The molecule has 43 heavy (non-hydrogen) atoms. The van der Waals surface area contributed by atoms with Gasteiger partial charge in [-0.15, -0.1) is 0 Å². The first kappa shape index (κ1) is 30.4. The molecule has 1 fully saturated rings. The molecule has 1 aliphatic heterocycles. The highest BCUT2D eigenvalue weighted by Crippen LogP contribution is 2.19. The van der Waals surface area contributed by atoms with Gasteiger partial charge in [0, 0.05) is 43.1 Å². The van der Waals surface area contributed by atoms with E-state index < -0.39 is 29.5 Å². The fourth-order valence-corrected chi connectivity index (χ4v) is 5.75. The van der Waals surface area contributed by atoms with E-state index in [4.69, 9.17) is 0 Å². The minimum Gasteiger partial charge on any atom is -0.353 e. The maximum absolute atomic E-state index is 14.3. The Labute approximate surface area is 256 Å². The molecule has 224 valence electrons. The summed E-state index contributed by atoms with van der Waals surface area (Å²) in [5.74, 6) is -1.36. The van der Waals surface area contributed by atoms with Gasteiger partial charge in [0.15, 0.2) is 0 Å². The second-order valence-electron chi connectivity index (χ2n) is 10.7. The van der Waals surface area contributed by atoms with Crippen LogP contribution in [0.25, 0.3) is 10.9 Å². The Hall–Kier alpha value is -4.09. The molecule has 9 nitrogen and oxygen atoms in total. The van der Waals surface area contributed by atoms with Gasteiger partial charge in [-0.25, -0.2) is 9.18 Å². The minimum absolute atomic E-state index is 0.0215. The molecule has 0 bridgehead atoms. The van der Waals surface area contributed by atoms with Crippen molar-refractivity contribution in [2.45, 2.75) is 51.4 Å². The van der Waals surface area contributed by atoms with Crippen molar-refractivity contribution in [1.29, 1.82) is 0 Å². The van der Waals surface area contributed by atoms with Gasteiger partial charge in [0.2, 0.25) is 11.8 Å². The lowest BCUT2D eigenvalue weighted by Gasteiger charge is -2.32. The second kappa shape index (κ2) is 13.9. The van der Waals surface area contributed by atoms with Gasteiger partial charge in [-0.05, 0) is 55.2 Å². The molecule has 2 heterocycles. The zero-order chi connectivity index (χ0) is 30.3. The zero-order valence-electron chi connectivity index (χ0n) is 23.6. The number of aromatic nitrogens is 2. The lowest BCUT2D eigenvalue weighted by atomic mass is 10.0. The molecule has 0 atom stereocenters. The standard InChI is InChI=1S/C32H33BrFN5O4/c33-23-12-13-27(26(34)19-23)36-30(41)21-39-28-10-5-4-9-25(28)31(42)38(32(39)43)16-6-11-29(40)35-24-14-17-37(18-15-24)20-22-7-2-1-3-8-22/h1-5,7-10,12-13,19,24H,6,11,14-18,20-21H2,(H,35,40)(H,36,41). The molecular formula is C32H33BrFN5O4. The van der Waals surface area contributed by atoms with Crippen LogP contribution in [0, 0.1) is 5.82 Å². The number of carbonyl (C=O) groups is 2. The average molecular weight is 651 g/mol. The third kappa shape index (κ3) is 7.66. The van der Waals surface area contributed by atoms with Crippen LogP contribution in [0.15, 0.2) is 86.9 Å². The Morgan fingerprint density at radius 2 is 1.63 bits per heavy atom. The van der Waals surface area contributed by atoms with Crippen molar-refractivity contribution in [2.24, 2.45) is 0 Å². The zero-order valence-corrected chi connectivity index (χ0v) is 25.2. The van der Waals surface area contributed by atoms with Crippen LogP contribution in [-0.2, 0) is 29.2 Å². The number of nitrogens with one attached hydrogen (secondary N) is 2. The van der Waals surface area contributed by atoms with Crippen molar-refractivity contribution >= 4 is 44.3 Å². The van der Waals surface area contributed by atoms with Gasteiger partial charge in [-0.3, -0.25) is 28.4 Å². The number of anilines is 1. The van der Waals surface area contributed by atoms with E-state index in [1.165, 1.54) is 22.3 Å². The molecule has 1 aromatic heterocycles. The third-order valence-corrected chi connectivity index (χ3v) is 8.12. The van der Waals surface area contributed by atoms with Crippen LogP contribution in [0.5, 0.6) is 0 Å². The molecule has 2 N–H and O–H groups in total. The molecule has 0 saturated carbocycles. The average Bonchev–Trinajstić information content (AvgIpc) is 3.00. The normalized spacial score (nSPS) is 14.1. The molecule has 1 aliphatic rings. The molecule has 0 radical (unpaired) electrons. The summed E-state index contributed by atoms with van der Waals surface area (Å²) in [5.41, 5.74) is 0.402. The summed E-state index contributed by atoms with van der Waals surface area (Å²) in [6.45, 7) is 2.29. The lowest BCUT2D eigenvalue weighted by molar-refractivity contribution is -0.122. The molecule has 0 spiro atoms. The van der Waals surface area contributed by atoms with Gasteiger partial charge in [-0.1, -0.05) is 58.4 Å². The van der Waals surface area contributed by atoms with Crippen molar-refractivity contribution < 1.29 is 14.0 Å². The molecule has 0 aliphatic carbocycles. The third-order valence-electron chi connectivity index (χ3n) is 7.63. The number of hydrogen-bond acceptors (Lipinski definition) is 5. The molecule has 4 aromatic rings. The number of nitrogens with zero attached hydrogens (tertiary/aromatic N) is 3. The van der Waals surface area contributed by atoms with E-state index >= 15 is 0 Å². The van der Waals surface area contributed by atoms with Crippen molar-refractivity contribution in [2.75, 3.05) is 18.4 Å². The molecular weight excluding hydrogens is 617 g/mol. The van der Waals surface area contributed by atoms with E-state index in [0.717, 1.165) is 37.0 Å². The quantitative estimate of drug-likeness (QED) is 0.267. The topological polar surface area (TPSA) is 105 Å². The first-order chi connectivity index (χ1) is 20.8. The number of para-hydroxylation sites is 1. The molecule has 2 amide bonds. The maximum atomic E-state index is 14.3. The van der Waals surface area contributed by atoms with E-state index in [1.54, 1.807) is 30.3 Å². The number of carbonyl (C=O) groups excluding carboxylic acids is 2. The van der Waals surface area contributed by atoms with E-state index in [-0.39, 0.29) is 42.4 Å². The number of hydrogen-bond donors (Lipinski definition) is 2. The monoisotopic (exact) mass is 649 g/mol. The molecule has 11 heteroatoms. The second-order valence-corrected chi connectivity index (χ2v) is 11.6. The van der Waals surface area contributed by atoms with E-state index in [2.05, 4.69) is 43.6 Å². The smallest absolute Gasteiger partial charge is 0.331 e. The van der Waals surface area contributed by atoms with Gasteiger partial charge < -0.3 is 10.6 Å². The summed E-state index contributed by atoms with van der Waals surface area (Å²) in [6, 6.07) is 21.2. The van der Waals surface area contributed by atoms with Crippen molar-refractivity contribution in [1.82, 2.24) is 19.4 Å². The summed E-state index contributed by atoms with van der Waals surface area (Å²) in [6.07, 6.45) is 2.16. The van der Waals surface area contributed by atoms with Crippen LogP contribution in [0.2, 0.25) is 0 Å². The summed E-state index contributed by atoms with van der Waals surface area (Å²) >= 11 is 3.18. The van der Waals surface area contributed by atoms with Crippen molar-refractivity contribution in [3.05, 3.63) is 109 Å². The summed E-state index contributed by atoms with van der Waals surface area (Å²) in [4.78, 5) is 54.5. The lowest BCUT2D eigenvalue weighted by Crippen LogP contribution is -2.44. The van der Waals surface area contributed by atoms with Crippen molar-refractivity contribution in [3.63, 3.8) is 0 Å². The highest BCUT2D eigenvalue weighted by molar-refractivity contribution is 9.10. The Balaban J connectivity index is 1.19. The maximum Gasteiger partial charge on any atom is 0.331 e. The van der Waals surface area contributed by atoms with E-state index in [0.29, 0.717) is 9.99 Å². The molecule has 1 saturated heterocycles. The van der Waals surface area contributed by atoms with Crippen LogP contribution < -0.4 is 21.9 Å². The SMILES string of the molecule is O=C(Cn1c(=O)n(CCCC(=O)NC2CCN(Cc3ccccc3)CC2)c(=O)c2ccccc21)Nc1ccc(Br)cc1F. The van der Waals surface area contributed by atoms with Crippen LogP contribution in [-0.4, -0.2) is 45.0 Å². The van der Waals surface area contributed by atoms with Gasteiger partial charge in [0.25, 0.3) is 5.56 Å². The highest BCUT2D eigenvalue weighted by atomic mass is 79.9. The number of likely N-dealkylation sites (tertiary alicyclic amines) is 1. The molecule has 3 aromatic carbocycles.